The number of hydrogen-bond acceptors (Lipinski definition) is 4. The lowest BCUT2D eigenvalue weighted by atomic mass is 10.2. The Bertz CT molecular complexity index is 809. The molecular formula is C13H10FN3OS. The Hall–Kier alpha value is -2.08. The third-order valence-corrected chi connectivity index (χ3v) is 3.72. The highest BCUT2D eigenvalue weighted by molar-refractivity contribution is 7.12. The fraction of sp³-hybridized carbons (Fsp3) is 0.154. The van der Waals surface area contributed by atoms with Crippen LogP contribution in [0.3, 0.4) is 0 Å². The number of nitrogens with zero attached hydrogens (tertiary/aromatic N) is 3. The number of rotatable bonds is 2. The van der Waals surface area contributed by atoms with E-state index in [4.69, 9.17) is 0 Å². The second-order valence-electron chi connectivity index (χ2n) is 4.26. The summed E-state index contributed by atoms with van der Waals surface area (Å²) in [6.45, 7) is 2.09. The summed E-state index contributed by atoms with van der Waals surface area (Å²) in [6.07, 6.45) is 1.48. The van der Waals surface area contributed by atoms with E-state index in [1.807, 2.05) is 0 Å². The lowest BCUT2D eigenvalue weighted by molar-refractivity contribution is 0.622. The van der Waals surface area contributed by atoms with Gasteiger partial charge < -0.3 is 0 Å². The van der Waals surface area contributed by atoms with Crippen molar-refractivity contribution in [3.05, 3.63) is 58.0 Å². The first-order chi connectivity index (χ1) is 9.15. The quantitative estimate of drug-likeness (QED) is 0.721. The van der Waals surface area contributed by atoms with Gasteiger partial charge in [0.05, 0.1) is 24.0 Å². The third kappa shape index (κ3) is 2.15. The number of hydrogen-bond donors (Lipinski definition) is 0. The highest BCUT2D eigenvalue weighted by Crippen LogP contribution is 2.15. The van der Waals surface area contributed by atoms with Crippen LogP contribution < -0.4 is 5.56 Å². The molecule has 19 heavy (non-hydrogen) atoms. The van der Waals surface area contributed by atoms with Gasteiger partial charge in [-0.25, -0.2) is 9.37 Å². The molecular weight excluding hydrogens is 265 g/mol. The van der Waals surface area contributed by atoms with Gasteiger partial charge in [0.25, 0.3) is 5.56 Å². The van der Waals surface area contributed by atoms with Crippen molar-refractivity contribution in [3.8, 4) is 0 Å². The zero-order valence-electron chi connectivity index (χ0n) is 10.1. The first-order valence-corrected chi connectivity index (χ1v) is 6.48. The number of aryl methyl sites for hydroxylation is 1. The molecule has 6 heteroatoms. The maximum atomic E-state index is 13.1. The van der Waals surface area contributed by atoms with Gasteiger partial charge in [0.1, 0.15) is 5.82 Å². The zero-order chi connectivity index (χ0) is 13.4. The van der Waals surface area contributed by atoms with E-state index >= 15 is 0 Å². The molecule has 0 saturated carbocycles. The summed E-state index contributed by atoms with van der Waals surface area (Å²) < 4.78 is 18.7. The van der Waals surface area contributed by atoms with Crippen LogP contribution in [0.15, 0.2) is 35.4 Å². The van der Waals surface area contributed by atoms with Crippen molar-refractivity contribution in [2.45, 2.75) is 13.5 Å². The molecule has 4 nitrogen and oxygen atoms in total. The van der Waals surface area contributed by atoms with Crippen LogP contribution in [-0.2, 0) is 6.54 Å². The molecule has 1 aromatic carbocycles. The van der Waals surface area contributed by atoms with Gasteiger partial charge in [0, 0.05) is 0 Å². The molecule has 0 atom stereocenters. The first-order valence-electron chi connectivity index (χ1n) is 5.71. The normalized spacial score (nSPS) is 11.1. The van der Waals surface area contributed by atoms with Crippen molar-refractivity contribution in [3.63, 3.8) is 0 Å². The Labute approximate surface area is 112 Å². The molecule has 0 radical (unpaired) electrons. The summed E-state index contributed by atoms with van der Waals surface area (Å²) in [5.74, 6) is -0.312. The van der Waals surface area contributed by atoms with Gasteiger partial charge in [0.2, 0.25) is 0 Å². The average Bonchev–Trinajstić information content (AvgIpc) is 2.75. The van der Waals surface area contributed by atoms with Crippen LogP contribution in [-0.4, -0.2) is 13.9 Å². The molecule has 0 amide bonds. The Morgan fingerprint density at radius 2 is 2.26 bits per heavy atom. The van der Waals surface area contributed by atoms with Crippen LogP contribution >= 0.6 is 11.5 Å². The molecule has 2 aromatic heterocycles. The van der Waals surface area contributed by atoms with Crippen LogP contribution in [0.25, 0.3) is 10.2 Å². The van der Waals surface area contributed by atoms with Gasteiger partial charge in [-0.1, -0.05) is 12.1 Å². The van der Waals surface area contributed by atoms with E-state index in [0.717, 1.165) is 5.56 Å². The maximum absolute atomic E-state index is 13.1. The Morgan fingerprint density at radius 3 is 3.05 bits per heavy atom. The van der Waals surface area contributed by atoms with E-state index in [0.29, 0.717) is 22.5 Å². The summed E-state index contributed by atoms with van der Waals surface area (Å²) in [7, 11) is 0. The lowest BCUT2D eigenvalue weighted by Gasteiger charge is -2.05. The highest BCUT2D eigenvalue weighted by Gasteiger charge is 2.10. The molecule has 0 aliphatic carbocycles. The molecule has 0 aliphatic rings. The number of aromatic nitrogens is 3. The molecule has 0 fully saturated rings. The summed E-state index contributed by atoms with van der Waals surface area (Å²) >= 11 is 1.21. The van der Waals surface area contributed by atoms with Gasteiger partial charge in [0.15, 0.2) is 4.83 Å². The molecule has 0 unspecified atom stereocenters. The number of benzene rings is 1. The molecule has 0 saturated heterocycles. The van der Waals surface area contributed by atoms with Crippen LogP contribution in [0.4, 0.5) is 4.39 Å². The lowest BCUT2D eigenvalue weighted by Crippen LogP contribution is -2.21. The second kappa shape index (κ2) is 4.55. The first kappa shape index (κ1) is 12.0. The third-order valence-electron chi connectivity index (χ3n) is 2.88. The van der Waals surface area contributed by atoms with Crippen molar-refractivity contribution < 1.29 is 4.39 Å². The topological polar surface area (TPSA) is 47.8 Å². The van der Waals surface area contributed by atoms with Gasteiger partial charge >= 0.3 is 0 Å². The Kier molecular flexibility index (Phi) is 2.87. The summed E-state index contributed by atoms with van der Waals surface area (Å²) in [5.41, 5.74) is 1.27. The van der Waals surface area contributed by atoms with Gasteiger partial charge in [-0.05, 0) is 36.2 Å². The van der Waals surface area contributed by atoms with Crippen LogP contribution in [0, 0.1) is 12.7 Å². The summed E-state index contributed by atoms with van der Waals surface area (Å²) in [4.78, 5) is 17.1. The van der Waals surface area contributed by atoms with Crippen LogP contribution in [0.1, 0.15) is 11.3 Å². The van der Waals surface area contributed by atoms with E-state index in [9.17, 15) is 9.18 Å². The molecule has 0 N–H and O–H groups in total. The monoisotopic (exact) mass is 275 g/mol. The number of halogens is 1. The minimum absolute atomic E-state index is 0.138. The van der Waals surface area contributed by atoms with Crippen molar-refractivity contribution in [1.82, 2.24) is 13.9 Å². The predicted octanol–water partition coefficient (Wildman–Crippen LogP) is 2.35. The minimum Gasteiger partial charge on any atom is -0.294 e. The molecule has 0 bridgehead atoms. The smallest absolute Gasteiger partial charge is 0.264 e. The van der Waals surface area contributed by atoms with Crippen molar-refractivity contribution in [1.29, 1.82) is 0 Å². The van der Waals surface area contributed by atoms with Crippen LogP contribution in [0.5, 0.6) is 0 Å². The van der Waals surface area contributed by atoms with E-state index in [1.165, 1.54) is 34.6 Å². The maximum Gasteiger partial charge on any atom is 0.264 e. The highest BCUT2D eigenvalue weighted by atomic mass is 32.1. The largest absolute Gasteiger partial charge is 0.294 e. The predicted molar refractivity (Wildman–Crippen MR) is 71.9 cm³/mol. The fourth-order valence-electron chi connectivity index (χ4n) is 1.95. The summed E-state index contributed by atoms with van der Waals surface area (Å²) in [5, 5.41) is 0.545. The van der Waals surface area contributed by atoms with E-state index in [1.54, 1.807) is 19.1 Å². The standard InChI is InChI=1S/C13H10FN3OS/c1-8-11-12(19-16-8)15-7-17(13(11)18)6-9-3-2-4-10(14)5-9/h2-5,7H,6H2,1H3. The van der Waals surface area contributed by atoms with Gasteiger partial charge in [-0.15, -0.1) is 0 Å². The van der Waals surface area contributed by atoms with Gasteiger partial charge in [-0.2, -0.15) is 4.37 Å². The van der Waals surface area contributed by atoms with Crippen LogP contribution in [0.2, 0.25) is 0 Å². The minimum atomic E-state index is -0.312. The van der Waals surface area contributed by atoms with Gasteiger partial charge in [-0.3, -0.25) is 9.36 Å². The summed E-state index contributed by atoms with van der Waals surface area (Å²) in [6, 6.07) is 6.19. The molecule has 2 heterocycles. The van der Waals surface area contributed by atoms with Crippen molar-refractivity contribution in [2.24, 2.45) is 0 Å². The van der Waals surface area contributed by atoms with E-state index in [2.05, 4.69) is 9.36 Å². The Morgan fingerprint density at radius 1 is 1.42 bits per heavy atom. The Balaban J connectivity index is 2.08. The second-order valence-corrected chi connectivity index (χ2v) is 5.01. The molecule has 0 aliphatic heterocycles. The van der Waals surface area contributed by atoms with Crippen molar-refractivity contribution in [2.75, 3.05) is 0 Å². The SMILES string of the molecule is Cc1nsc2ncn(Cc3cccc(F)c3)c(=O)c12. The molecule has 96 valence electrons. The van der Waals surface area contributed by atoms with Crippen molar-refractivity contribution >= 4 is 21.7 Å². The fourth-order valence-corrected chi connectivity index (χ4v) is 2.69. The molecule has 3 rings (SSSR count). The zero-order valence-corrected chi connectivity index (χ0v) is 10.9. The number of fused-ring (bicyclic) bond motifs is 1. The molecule has 3 aromatic rings. The van der Waals surface area contributed by atoms with E-state index in [-0.39, 0.29) is 11.4 Å². The van der Waals surface area contributed by atoms with E-state index < -0.39 is 0 Å². The molecule has 0 spiro atoms. The average molecular weight is 275 g/mol.